The van der Waals surface area contributed by atoms with Gasteiger partial charge in [-0.05, 0) is 24.6 Å². The molecule has 0 bridgehead atoms. The van der Waals surface area contributed by atoms with Crippen molar-refractivity contribution in [1.29, 1.82) is 0 Å². The van der Waals surface area contributed by atoms with Crippen LogP contribution in [0.1, 0.15) is 35.7 Å². The van der Waals surface area contributed by atoms with E-state index in [1.165, 1.54) is 0 Å². The first-order chi connectivity index (χ1) is 8.09. The fourth-order valence-corrected chi connectivity index (χ4v) is 2.79. The van der Waals surface area contributed by atoms with Crippen LogP contribution < -0.4 is 9.47 Å². The lowest BCUT2D eigenvalue weighted by Gasteiger charge is -2.15. The molecule has 0 N–H and O–H groups in total. The number of benzene rings is 1. The Morgan fingerprint density at radius 3 is 2.65 bits per heavy atom. The van der Waals surface area contributed by atoms with Crippen molar-refractivity contribution < 1.29 is 14.3 Å². The fourth-order valence-electron chi connectivity index (χ4n) is 2.79. The molecular formula is C14H14O3. The molecule has 1 aliphatic heterocycles. The van der Waals surface area contributed by atoms with Crippen LogP contribution in [-0.4, -0.2) is 12.6 Å². The van der Waals surface area contributed by atoms with Crippen LogP contribution in [0.15, 0.2) is 24.3 Å². The second kappa shape index (κ2) is 3.36. The summed E-state index contributed by atoms with van der Waals surface area (Å²) < 4.78 is 10.7. The number of allylic oxidation sites excluding steroid dienone is 1. The maximum atomic E-state index is 12.2. The average molecular weight is 230 g/mol. The number of carbonyl (C=O) groups excluding carboxylic acids is 1. The lowest BCUT2D eigenvalue weighted by molar-refractivity contribution is 0.0938. The molecule has 0 saturated heterocycles. The van der Waals surface area contributed by atoms with E-state index in [-0.39, 0.29) is 24.4 Å². The molecule has 0 aromatic heterocycles. The number of fused-ring (bicyclic) bond motifs is 2. The second-order valence-corrected chi connectivity index (χ2v) is 4.77. The third-order valence-corrected chi connectivity index (χ3v) is 3.59. The highest BCUT2D eigenvalue weighted by Gasteiger charge is 2.38. The zero-order valence-corrected chi connectivity index (χ0v) is 9.95. The Bertz CT molecular complexity index is 531. The van der Waals surface area contributed by atoms with Gasteiger partial charge in [0.1, 0.15) is 0 Å². The summed E-state index contributed by atoms with van der Waals surface area (Å²) >= 11 is 0. The third-order valence-electron chi connectivity index (χ3n) is 3.59. The van der Waals surface area contributed by atoms with Crippen LogP contribution in [-0.2, 0) is 0 Å². The summed E-state index contributed by atoms with van der Waals surface area (Å²) in [4.78, 5) is 12.2. The number of carbonyl (C=O) groups is 1. The van der Waals surface area contributed by atoms with Crippen molar-refractivity contribution in [2.75, 3.05) is 6.79 Å². The molecule has 0 saturated carbocycles. The Morgan fingerprint density at radius 1 is 1.35 bits per heavy atom. The van der Waals surface area contributed by atoms with Crippen molar-refractivity contribution >= 4 is 5.78 Å². The lowest BCUT2D eigenvalue weighted by atomic mass is 9.88. The van der Waals surface area contributed by atoms with Crippen molar-refractivity contribution in [3.05, 3.63) is 35.4 Å². The number of ether oxygens (including phenoxy) is 2. The minimum absolute atomic E-state index is 0.0370. The Balaban J connectivity index is 2.19. The lowest BCUT2D eigenvalue weighted by Crippen LogP contribution is -2.09. The molecule has 1 aromatic carbocycles. The average Bonchev–Trinajstić information content (AvgIpc) is 2.81. The molecule has 2 atom stereocenters. The quantitative estimate of drug-likeness (QED) is 0.696. The van der Waals surface area contributed by atoms with Crippen molar-refractivity contribution in [3.8, 4) is 11.5 Å². The smallest absolute Gasteiger partial charge is 0.231 e. The number of hydrogen-bond acceptors (Lipinski definition) is 3. The van der Waals surface area contributed by atoms with E-state index in [9.17, 15) is 4.79 Å². The third kappa shape index (κ3) is 1.32. The minimum Gasteiger partial charge on any atom is -0.454 e. The molecule has 0 amide bonds. The standard InChI is InChI=1S/C14H14O3/c1-7(2)13-8(3)14(15)10-5-12-11(4-9(10)13)16-6-17-12/h4-5,8,13H,1,6H2,2-3H3/t8-,13+/m0/s1. The summed E-state index contributed by atoms with van der Waals surface area (Å²) in [6, 6.07) is 3.73. The van der Waals surface area contributed by atoms with Gasteiger partial charge in [-0.2, -0.15) is 0 Å². The molecule has 3 rings (SSSR count). The van der Waals surface area contributed by atoms with Gasteiger partial charge in [0.25, 0.3) is 0 Å². The topological polar surface area (TPSA) is 35.5 Å². The zero-order chi connectivity index (χ0) is 12.2. The summed E-state index contributed by atoms with van der Waals surface area (Å²) in [6.07, 6.45) is 0. The van der Waals surface area contributed by atoms with Crippen molar-refractivity contribution in [1.82, 2.24) is 0 Å². The van der Waals surface area contributed by atoms with E-state index in [1.54, 1.807) is 6.07 Å². The largest absolute Gasteiger partial charge is 0.454 e. The highest BCUT2D eigenvalue weighted by atomic mass is 16.7. The molecule has 3 nitrogen and oxygen atoms in total. The SMILES string of the molecule is C=C(C)[C@H]1c2cc3c(cc2C(=O)[C@H]1C)OCO3. The van der Waals surface area contributed by atoms with Gasteiger partial charge in [-0.3, -0.25) is 4.79 Å². The van der Waals surface area contributed by atoms with E-state index in [4.69, 9.17) is 9.47 Å². The molecular weight excluding hydrogens is 216 g/mol. The van der Waals surface area contributed by atoms with Crippen molar-refractivity contribution in [2.24, 2.45) is 5.92 Å². The Labute approximate surface area is 100 Å². The van der Waals surface area contributed by atoms with Crippen LogP contribution in [0.4, 0.5) is 0 Å². The minimum atomic E-state index is -0.0370. The maximum Gasteiger partial charge on any atom is 0.231 e. The van der Waals surface area contributed by atoms with E-state index >= 15 is 0 Å². The predicted molar refractivity (Wildman–Crippen MR) is 63.6 cm³/mol. The molecule has 3 heteroatoms. The van der Waals surface area contributed by atoms with Gasteiger partial charge in [-0.15, -0.1) is 0 Å². The number of ketones is 1. The van der Waals surface area contributed by atoms with Crippen LogP contribution in [0.5, 0.6) is 11.5 Å². The number of Topliss-reactive ketones (excluding diaryl/α,β-unsaturated/α-hetero) is 1. The summed E-state index contributed by atoms with van der Waals surface area (Å²) in [5.74, 6) is 1.65. The van der Waals surface area contributed by atoms with Gasteiger partial charge in [0.05, 0.1) is 0 Å². The Morgan fingerprint density at radius 2 is 2.00 bits per heavy atom. The fraction of sp³-hybridized carbons (Fsp3) is 0.357. The number of hydrogen-bond donors (Lipinski definition) is 0. The molecule has 0 spiro atoms. The summed E-state index contributed by atoms with van der Waals surface area (Å²) in [7, 11) is 0. The van der Waals surface area contributed by atoms with Crippen molar-refractivity contribution in [3.63, 3.8) is 0 Å². The van der Waals surface area contributed by atoms with Gasteiger partial charge in [-0.1, -0.05) is 19.1 Å². The normalized spacial score (nSPS) is 24.9. The van der Waals surface area contributed by atoms with Gasteiger partial charge in [-0.25, -0.2) is 0 Å². The number of rotatable bonds is 1. The molecule has 17 heavy (non-hydrogen) atoms. The van der Waals surface area contributed by atoms with E-state index in [2.05, 4.69) is 6.58 Å². The summed E-state index contributed by atoms with van der Waals surface area (Å²) in [5, 5.41) is 0. The first-order valence-corrected chi connectivity index (χ1v) is 5.72. The van der Waals surface area contributed by atoms with Crippen LogP contribution in [0.3, 0.4) is 0 Å². The molecule has 88 valence electrons. The van der Waals surface area contributed by atoms with Crippen molar-refractivity contribution in [2.45, 2.75) is 19.8 Å². The zero-order valence-electron chi connectivity index (χ0n) is 9.95. The van der Waals surface area contributed by atoms with E-state index in [0.717, 1.165) is 22.4 Å². The highest BCUT2D eigenvalue weighted by Crippen LogP contribution is 2.46. The van der Waals surface area contributed by atoms with Gasteiger partial charge < -0.3 is 9.47 Å². The monoisotopic (exact) mass is 230 g/mol. The van der Waals surface area contributed by atoms with Gasteiger partial charge in [0, 0.05) is 17.4 Å². The first-order valence-electron chi connectivity index (χ1n) is 5.72. The first kappa shape index (κ1) is 10.4. The Hall–Kier alpha value is -1.77. The van der Waals surface area contributed by atoms with E-state index in [0.29, 0.717) is 5.75 Å². The summed E-state index contributed by atoms with van der Waals surface area (Å²) in [5.41, 5.74) is 2.80. The molecule has 1 heterocycles. The molecule has 2 aliphatic rings. The highest BCUT2D eigenvalue weighted by molar-refractivity contribution is 6.04. The van der Waals surface area contributed by atoms with Crippen LogP contribution >= 0.6 is 0 Å². The van der Waals surface area contributed by atoms with Crippen LogP contribution in [0, 0.1) is 5.92 Å². The molecule has 0 unspecified atom stereocenters. The van der Waals surface area contributed by atoms with Gasteiger partial charge >= 0.3 is 0 Å². The van der Waals surface area contributed by atoms with E-state index < -0.39 is 0 Å². The second-order valence-electron chi connectivity index (χ2n) is 4.77. The van der Waals surface area contributed by atoms with Crippen LogP contribution in [0.25, 0.3) is 0 Å². The molecule has 0 fully saturated rings. The van der Waals surface area contributed by atoms with Gasteiger partial charge in [0.15, 0.2) is 17.3 Å². The molecule has 1 aliphatic carbocycles. The van der Waals surface area contributed by atoms with E-state index in [1.807, 2.05) is 19.9 Å². The van der Waals surface area contributed by atoms with Gasteiger partial charge in [0.2, 0.25) is 6.79 Å². The predicted octanol–water partition coefficient (Wildman–Crippen LogP) is 2.91. The Kier molecular flexibility index (Phi) is 2.05. The molecule has 0 radical (unpaired) electrons. The summed E-state index contributed by atoms with van der Waals surface area (Å²) in [6.45, 7) is 8.15. The maximum absolute atomic E-state index is 12.2. The molecule has 1 aromatic rings. The van der Waals surface area contributed by atoms with Crippen LogP contribution in [0.2, 0.25) is 0 Å².